The van der Waals surface area contributed by atoms with Gasteiger partial charge in [-0.15, -0.1) is 0 Å². The molecule has 5 heteroatoms. The normalized spacial score (nSPS) is 11.4. The zero-order valence-electron chi connectivity index (χ0n) is 9.11. The number of carbonyl (C=O) groups excluding carboxylic acids is 1. The van der Waals surface area contributed by atoms with Gasteiger partial charge in [0.25, 0.3) is 0 Å². The highest BCUT2D eigenvalue weighted by Crippen LogP contribution is 2.37. The lowest BCUT2D eigenvalue weighted by atomic mass is 10.00. The van der Waals surface area contributed by atoms with E-state index in [2.05, 4.69) is 0 Å². The number of Topliss-reactive ketones (excluding diaryl/α,β-unsaturated/α-hetero) is 1. The number of rotatable bonds is 2. The van der Waals surface area contributed by atoms with E-state index in [1.165, 1.54) is 20.1 Å². The highest BCUT2D eigenvalue weighted by atomic mass is 19.4. The number of ketones is 1. The van der Waals surface area contributed by atoms with Crippen LogP contribution in [0, 0.1) is 6.92 Å². The van der Waals surface area contributed by atoms with Gasteiger partial charge in [0.2, 0.25) is 0 Å². The van der Waals surface area contributed by atoms with Crippen molar-refractivity contribution in [2.24, 2.45) is 0 Å². The molecule has 0 saturated carbocycles. The molecule has 0 aliphatic rings. The van der Waals surface area contributed by atoms with Crippen LogP contribution in [0.4, 0.5) is 13.2 Å². The van der Waals surface area contributed by atoms with Gasteiger partial charge in [-0.1, -0.05) is 0 Å². The first-order valence-electron chi connectivity index (χ1n) is 4.54. The van der Waals surface area contributed by atoms with Crippen molar-refractivity contribution in [2.75, 3.05) is 7.11 Å². The zero-order valence-corrected chi connectivity index (χ0v) is 9.11. The van der Waals surface area contributed by atoms with E-state index in [0.717, 1.165) is 13.0 Å². The molecule has 0 aliphatic heterocycles. The molecule has 0 unspecified atom stereocenters. The number of carbonyl (C=O) groups is 1. The van der Waals surface area contributed by atoms with E-state index in [4.69, 9.17) is 4.74 Å². The van der Waals surface area contributed by atoms with Crippen LogP contribution in [0.2, 0.25) is 0 Å². The van der Waals surface area contributed by atoms with E-state index in [-0.39, 0.29) is 5.75 Å². The van der Waals surface area contributed by atoms with Crippen LogP contribution in [0.15, 0.2) is 12.1 Å². The van der Waals surface area contributed by atoms with Crippen LogP contribution in [0.25, 0.3) is 0 Å². The molecule has 0 spiro atoms. The third-order valence-corrected chi connectivity index (χ3v) is 2.12. The second-order valence-electron chi connectivity index (χ2n) is 3.44. The lowest BCUT2D eigenvalue weighted by molar-refractivity contribution is -0.138. The average molecular weight is 232 g/mol. The maximum absolute atomic E-state index is 12.7. The molecule has 0 amide bonds. The van der Waals surface area contributed by atoms with Crippen LogP contribution >= 0.6 is 0 Å². The summed E-state index contributed by atoms with van der Waals surface area (Å²) in [5.74, 6) is -0.705. The standard InChI is InChI=1S/C11H11F3O2/c1-6-4-8(11(12,13)14)10(7(2)15)9(5-6)16-3/h4-5H,1-3H3. The predicted octanol–water partition coefficient (Wildman–Crippen LogP) is 3.23. The Balaban J connectivity index is 3.57. The van der Waals surface area contributed by atoms with Crippen molar-refractivity contribution in [3.05, 3.63) is 28.8 Å². The molecule has 0 radical (unpaired) electrons. The SMILES string of the molecule is COc1cc(C)cc(C(F)(F)F)c1C(C)=O. The summed E-state index contributed by atoms with van der Waals surface area (Å²) in [7, 11) is 1.24. The van der Waals surface area contributed by atoms with E-state index in [1.54, 1.807) is 0 Å². The molecule has 0 heterocycles. The van der Waals surface area contributed by atoms with Gasteiger partial charge in [0.05, 0.1) is 18.2 Å². The van der Waals surface area contributed by atoms with Crippen molar-refractivity contribution in [3.63, 3.8) is 0 Å². The molecule has 2 nitrogen and oxygen atoms in total. The van der Waals surface area contributed by atoms with Gasteiger partial charge in [-0.05, 0) is 31.5 Å². The summed E-state index contributed by atoms with van der Waals surface area (Å²) in [5, 5.41) is 0. The van der Waals surface area contributed by atoms with Gasteiger partial charge in [-0.2, -0.15) is 13.2 Å². The lowest BCUT2D eigenvalue weighted by Crippen LogP contribution is -2.13. The van der Waals surface area contributed by atoms with Crippen LogP contribution < -0.4 is 4.74 Å². The Labute approximate surface area is 91.0 Å². The Morgan fingerprint density at radius 3 is 2.25 bits per heavy atom. The second-order valence-corrected chi connectivity index (χ2v) is 3.44. The van der Waals surface area contributed by atoms with E-state index < -0.39 is 23.1 Å². The van der Waals surface area contributed by atoms with Crippen LogP contribution in [0.5, 0.6) is 5.75 Å². The molecule has 1 rings (SSSR count). The summed E-state index contributed by atoms with van der Waals surface area (Å²) in [6.07, 6.45) is -4.56. The van der Waals surface area contributed by atoms with Crippen molar-refractivity contribution >= 4 is 5.78 Å². The van der Waals surface area contributed by atoms with E-state index >= 15 is 0 Å². The Morgan fingerprint density at radius 2 is 1.88 bits per heavy atom. The molecular formula is C11H11F3O2. The van der Waals surface area contributed by atoms with E-state index in [9.17, 15) is 18.0 Å². The quantitative estimate of drug-likeness (QED) is 0.732. The fourth-order valence-corrected chi connectivity index (χ4v) is 1.50. The number of methoxy groups -OCH3 is 1. The van der Waals surface area contributed by atoms with Crippen molar-refractivity contribution in [1.82, 2.24) is 0 Å². The number of ether oxygens (including phenoxy) is 1. The Hall–Kier alpha value is -1.52. The third-order valence-electron chi connectivity index (χ3n) is 2.12. The van der Waals surface area contributed by atoms with Gasteiger partial charge < -0.3 is 4.74 Å². The molecule has 0 fully saturated rings. The monoisotopic (exact) mass is 232 g/mol. The highest BCUT2D eigenvalue weighted by molar-refractivity contribution is 5.98. The molecule has 1 aromatic carbocycles. The van der Waals surface area contributed by atoms with Crippen LogP contribution in [-0.4, -0.2) is 12.9 Å². The largest absolute Gasteiger partial charge is 0.496 e. The number of alkyl halides is 3. The maximum Gasteiger partial charge on any atom is 0.417 e. The van der Waals surface area contributed by atoms with Crippen LogP contribution in [-0.2, 0) is 6.18 Å². The first-order valence-corrected chi connectivity index (χ1v) is 4.54. The van der Waals surface area contributed by atoms with E-state index in [0.29, 0.717) is 5.56 Å². The Morgan fingerprint density at radius 1 is 1.31 bits per heavy atom. The fraction of sp³-hybridized carbons (Fsp3) is 0.364. The zero-order chi connectivity index (χ0) is 12.5. The highest BCUT2D eigenvalue weighted by Gasteiger charge is 2.36. The molecule has 0 saturated heterocycles. The minimum atomic E-state index is -4.56. The van der Waals surface area contributed by atoms with Gasteiger partial charge in [0.15, 0.2) is 5.78 Å². The molecular weight excluding hydrogens is 221 g/mol. The van der Waals surface area contributed by atoms with Gasteiger partial charge >= 0.3 is 6.18 Å². The van der Waals surface area contributed by atoms with Gasteiger partial charge in [-0.25, -0.2) is 0 Å². The van der Waals surface area contributed by atoms with Gasteiger partial charge in [0, 0.05) is 0 Å². The van der Waals surface area contributed by atoms with E-state index in [1.807, 2.05) is 0 Å². The van der Waals surface area contributed by atoms with Crippen molar-refractivity contribution in [1.29, 1.82) is 0 Å². The molecule has 1 aromatic rings. The number of benzene rings is 1. The third kappa shape index (κ3) is 2.35. The fourth-order valence-electron chi connectivity index (χ4n) is 1.50. The molecule has 88 valence electrons. The Bertz CT molecular complexity index is 422. The van der Waals surface area contributed by atoms with Gasteiger partial charge in [-0.3, -0.25) is 4.79 Å². The average Bonchev–Trinajstić information content (AvgIpc) is 2.14. The first kappa shape index (κ1) is 12.5. The van der Waals surface area contributed by atoms with Crippen LogP contribution in [0.1, 0.15) is 28.4 Å². The molecule has 0 aromatic heterocycles. The first-order chi connectivity index (χ1) is 7.27. The minimum Gasteiger partial charge on any atom is -0.496 e. The van der Waals surface area contributed by atoms with Crippen molar-refractivity contribution in [2.45, 2.75) is 20.0 Å². The summed E-state index contributed by atoms with van der Waals surface area (Å²) in [6, 6.07) is 2.35. The molecule has 0 bridgehead atoms. The minimum absolute atomic E-state index is 0.0418. The molecule has 0 atom stereocenters. The number of hydrogen-bond donors (Lipinski definition) is 0. The topological polar surface area (TPSA) is 26.3 Å². The summed E-state index contributed by atoms with van der Waals surface area (Å²) < 4.78 is 42.9. The van der Waals surface area contributed by atoms with Crippen molar-refractivity contribution < 1.29 is 22.7 Å². The lowest BCUT2D eigenvalue weighted by Gasteiger charge is -2.15. The summed E-state index contributed by atoms with van der Waals surface area (Å²) in [4.78, 5) is 11.2. The maximum atomic E-state index is 12.7. The predicted molar refractivity (Wildman–Crippen MR) is 52.7 cm³/mol. The number of halogens is 3. The molecule has 16 heavy (non-hydrogen) atoms. The molecule has 0 aliphatic carbocycles. The van der Waals surface area contributed by atoms with Crippen molar-refractivity contribution in [3.8, 4) is 5.75 Å². The van der Waals surface area contributed by atoms with Crippen LogP contribution in [0.3, 0.4) is 0 Å². The molecule has 0 N–H and O–H groups in total. The Kier molecular flexibility index (Phi) is 3.26. The second kappa shape index (κ2) is 4.15. The summed E-state index contributed by atoms with van der Waals surface area (Å²) in [6.45, 7) is 2.60. The van der Waals surface area contributed by atoms with Gasteiger partial charge in [0.1, 0.15) is 5.75 Å². The summed E-state index contributed by atoms with van der Waals surface area (Å²) >= 11 is 0. The number of aryl methyl sites for hydroxylation is 1. The smallest absolute Gasteiger partial charge is 0.417 e. The number of hydrogen-bond acceptors (Lipinski definition) is 2. The summed E-state index contributed by atoms with van der Waals surface area (Å²) in [5.41, 5.74) is -0.966.